The van der Waals surface area contributed by atoms with Gasteiger partial charge in [-0.05, 0) is 37.9 Å². The third kappa shape index (κ3) is 4.08. The normalized spacial score (nSPS) is 10.7. The van der Waals surface area contributed by atoms with Crippen LogP contribution in [-0.4, -0.2) is 19.8 Å². The van der Waals surface area contributed by atoms with Crippen molar-refractivity contribution in [3.05, 3.63) is 19.2 Å². The largest absolute Gasteiger partial charge is 0.380 e. The van der Waals surface area contributed by atoms with Gasteiger partial charge in [-0.15, -0.1) is 11.3 Å². The maximum atomic E-state index is 5.30. The first-order valence-electron chi connectivity index (χ1n) is 3.95. The third-order valence-corrected chi connectivity index (χ3v) is 4.77. The van der Waals surface area contributed by atoms with E-state index in [4.69, 9.17) is 10.5 Å². The predicted molar refractivity (Wildman–Crippen MR) is 63.3 cm³/mol. The van der Waals surface area contributed by atoms with Gasteiger partial charge in [0.1, 0.15) is 0 Å². The summed E-state index contributed by atoms with van der Waals surface area (Å²) in [4.78, 5) is 1.32. The van der Waals surface area contributed by atoms with Gasteiger partial charge in [0.2, 0.25) is 0 Å². The molecule has 0 bridgehead atoms. The molecule has 0 amide bonds. The van der Waals surface area contributed by atoms with Crippen LogP contribution in [0.4, 0.5) is 0 Å². The molecule has 0 unspecified atom stereocenters. The zero-order chi connectivity index (χ0) is 9.68. The number of nitrogens with two attached hydrogens (primary N) is 1. The van der Waals surface area contributed by atoms with E-state index in [2.05, 4.69) is 37.9 Å². The summed E-state index contributed by atoms with van der Waals surface area (Å²) in [6.45, 7) is 1.99. The molecule has 2 N–H and O–H groups in total. The molecule has 0 radical (unpaired) electrons. The molecule has 0 saturated carbocycles. The summed E-state index contributed by atoms with van der Waals surface area (Å²) in [5, 5.41) is 0. The van der Waals surface area contributed by atoms with Crippen molar-refractivity contribution in [2.45, 2.75) is 6.42 Å². The minimum absolute atomic E-state index is 0.595. The fraction of sp³-hybridized carbons (Fsp3) is 0.500. The summed E-state index contributed by atoms with van der Waals surface area (Å²) < 4.78 is 7.54. The maximum Gasteiger partial charge on any atom is 0.0843 e. The van der Waals surface area contributed by atoms with Crippen molar-refractivity contribution in [1.29, 1.82) is 0 Å². The summed E-state index contributed by atoms with van der Waals surface area (Å²) in [6, 6.07) is 2.11. The predicted octanol–water partition coefficient (Wildman–Crippen LogP) is 2.79. The van der Waals surface area contributed by atoms with Crippen molar-refractivity contribution in [3.8, 4) is 0 Å². The molecule has 0 saturated heterocycles. The molecule has 0 aliphatic carbocycles. The summed E-state index contributed by atoms with van der Waals surface area (Å²) >= 11 is 8.62. The summed E-state index contributed by atoms with van der Waals surface area (Å²) in [5.74, 6) is 0. The molecular formula is C8H11Br2NOS. The summed E-state index contributed by atoms with van der Waals surface area (Å²) in [5.41, 5.74) is 5.30. The van der Waals surface area contributed by atoms with E-state index in [-0.39, 0.29) is 0 Å². The van der Waals surface area contributed by atoms with Crippen LogP contribution in [0, 0.1) is 0 Å². The second kappa shape index (κ2) is 6.14. The first-order chi connectivity index (χ1) is 6.24. The molecule has 0 fully saturated rings. The van der Waals surface area contributed by atoms with Gasteiger partial charge in [0, 0.05) is 22.3 Å². The highest BCUT2D eigenvalue weighted by Crippen LogP contribution is 2.32. The Kier molecular flexibility index (Phi) is 5.50. The molecule has 1 aromatic rings. The van der Waals surface area contributed by atoms with Gasteiger partial charge >= 0.3 is 0 Å². The Morgan fingerprint density at radius 3 is 2.69 bits per heavy atom. The van der Waals surface area contributed by atoms with Crippen LogP contribution < -0.4 is 5.73 Å². The van der Waals surface area contributed by atoms with E-state index in [0.717, 1.165) is 21.3 Å². The van der Waals surface area contributed by atoms with Crippen LogP contribution in [0.1, 0.15) is 4.88 Å². The molecule has 0 spiro atoms. The quantitative estimate of drug-likeness (QED) is 0.843. The highest BCUT2D eigenvalue weighted by atomic mass is 79.9. The Balaban J connectivity index is 2.29. The van der Waals surface area contributed by atoms with E-state index in [1.165, 1.54) is 4.88 Å². The molecule has 0 atom stereocenters. The van der Waals surface area contributed by atoms with Crippen molar-refractivity contribution in [2.75, 3.05) is 19.8 Å². The molecule has 0 aromatic carbocycles. The maximum absolute atomic E-state index is 5.30. The number of rotatable bonds is 5. The zero-order valence-corrected chi connectivity index (χ0v) is 11.0. The third-order valence-electron chi connectivity index (χ3n) is 1.45. The minimum Gasteiger partial charge on any atom is -0.380 e. The van der Waals surface area contributed by atoms with Crippen molar-refractivity contribution < 1.29 is 4.74 Å². The van der Waals surface area contributed by atoms with Crippen LogP contribution in [-0.2, 0) is 11.2 Å². The lowest BCUT2D eigenvalue weighted by atomic mass is 10.4. The van der Waals surface area contributed by atoms with Crippen LogP contribution in [0.2, 0.25) is 0 Å². The van der Waals surface area contributed by atoms with Gasteiger partial charge < -0.3 is 10.5 Å². The standard InChI is InChI=1S/C8H11Br2NOS/c9-7-5-6(13-8(7)10)1-3-12-4-2-11/h5H,1-4,11H2. The van der Waals surface area contributed by atoms with Crippen LogP contribution >= 0.6 is 43.2 Å². The average molecular weight is 329 g/mol. The Morgan fingerprint density at radius 2 is 2.15 bits per heavy atom. The van der Waals surface area contributed by atoms with Gasteiger partial charge in [-0.1, -0.05) is 0 Å². The first-order valence-corrected chi connectivity index (χ1v) is 6.36. The fourth-order valence-corrected chi connectivity index (χ4v) is 3.03. The molecule has 5 heteroatoms. The fourth-order valence-electron chi connectivity index (χ4n) is 0.873. The lowest BCUT2D eigenvalue weighted by Gasteiger charge is -1.99. The van der Waals surface area contributed by atoms with Crippen molar-refractivity contribution >= 4 is 43.2 Å². The van der Waals surface area contributed by atoms with Gasteiger partial charge in [-0.2, -0.15) is 0 Å². The Labute approximate surface area is 98.7 Å². The Bertz CT molecular complexity index is 245. The second-order valence-electron chi connectivity index (χ2n) is 2.49. The number of thiophene rings is 1. The molecule has 1 heterocycles. The molecule has 13 heavy (non-hydrogen) atoms. The number of ether oxygens (including phenoxy) is 1. The average Bonchev–Trinajstić information content (AvgIpc) is 2.41. The van der Waals surface area contributed by atoms with Crippen molar-refractivity contribution in [2.24, 2.45) is 5.73 Å². The van der Waals surface area contributed by atoms with Gasteiger partial charge in [-0.3, -0.25) is 0 Å². The molecule has 74 valence electrons. The topological polar surface area (TPSA) is 35.2 Å². The van der Waals surface area contributed by atoms with Crippen molar-refractivity contribution in [1.82, 2.24) is 0 Å². The lowest BCUT2D eigenvalue weighted by molar-refractivity contribution is 0.145. The summed E-state index contributed by atoms with van der Waals surface area (Å²) in [6.07, 6.45) is 0.953. The minimum atomic E-state index is 0.595. The van der Waals surface area contributed by atoms with E-state index in [1.807, 2.05) is 0 Å². The molecule has 2 nitrogen and oxygen atoms in total. The lowest BCUT2D eigenvalue weighted by Crippen LogP contribution is -2.09. The van der Waals surface area contributed by atoms with Gasteiger partial charge in [0.25, 0.3) is 0 Å². The van der Waals surface area contributed by atoms with Crippen LogP contribution in [0.25, 0.3) is 0 Å². The molecular weight excluding hydrogens is 318 g/mol. The van der Waals surface area contributed by atoms with Gasteiger partial charge in [-0.25, -0.2) is 0 Å². The second-order valence-corrected chi connectivity index (χ2v) is 5.79. The van der Waals surface area contributed by atoms with Crippen LogP contribution in [0.5, 0.6) is 0 Å². The van der Waals surface area contributed by atoms with E-state index in [9.17, 15) is 0 Å². The van der Waals surface area contributed by atoms with Gasteiger partial charge in [0.15, 0.2) is 0 Å². The first kappa shape index (κ1) is 11.7. The van der Waals surface area contributed by atoms with E-state index in [0.29, 0.717) is 13.2 Å². The molecule has 1 rings (SSSR count). The molecule has 0 aliphatic heterocycles. The highest BCUT2D eigenvalue weighted by molar-refractivity contribution is 9.13. The van der Waals surface area contributed by atoms with Crippen LogP contribution in [0.15, 0.2) is 14.3 Å². The number of hydrogen-bond donors (Lipinski definition) is 1. The monoisotopic (exact) mass is 327 g/mol. The molecule has 1 aromatic heterocycles. The summed E-state index contributed by atoms with van der Waals surface area (Å²) in [7, 11) is 0. The van der Waals surface area contributed by atoms with Crippen molar-refractivity contribution in [3.63, 3.8) is 0 Å². The number of halogens is 2. The number of hydrogen-bond acceptors (Lipinski definition) is 3. The Hall–Kier alpha value is 0.580. The van der Waals surface area contributed by atoms with Gasteiger partial charge in [0.05, 0.1) is 17.0 Å². The SMILES string of the molecule is NCCOCCc1cc(Br)c(Br)s1. The van der Waals surface area contributed by atoms with E-state index < -0.39 is 0 Å². The zero-order valence-electron chi connectivity index (χ0n) is 7.06. The van der Waals surface area contributed by atoms with E-state index in [1.54, 1.807) is 11.3 Å². The molecule has 0 aliphatic rings. The highest BCUT2D eigenvalue weighted by Gasteiger charge is 2.03. The smallest absolute Gasteiger partial charge is 0.0843 e. The Morgan fingerprint density at radius 1 is 1.38 bits per heavy atom. The van der Waals surface area contributed by atoms with Crippen LogP contribution in [0.3, 0.4) is 0 Å². The van der Waals surface area contributed by atoms with E-state index >= 15 is 0 Å².